The van der Waals surface area contributed by atoms with E-state index in [1.54, 1.807) is 0 Å². The number of likely N-dealkylation sites (tertiary alicyclic amines) is 2. The van der Waals surface area contributed by atoms with Crippen LogP contribution in [0.1, 0.15) is 56.9 Å². The second-order valence-corrected chi connectivity index (χ2v) is 14.5. The van der Waals surface area contributed by atoms with E-state index in [4.69, 9.17) is 9.72 Å². The molecule has 2 aliphatic rings. The van der Waals surface area contributed by atoms with Crippen LogP contribution >= 0.6 is 0 Å². The van der Waals surface area contributed by atoms with Crippen LogP contribution < -0.4 is 15.4 Å². The summed E-state index contributed by atoms with van der Waals surface area (Å²) >= 11 is 0. The number of carbonyl (C=O) groups excluding carboxylic acids is 2. The van der Waals surface area contributed by atoms with E-state index in [0.717, 1.165) is 95.6 Å². The van der Waals surface area contributed by atoms with Crippen molar-refractivity contribution in [2.45, 2.75) is 58.0 Å². The lowest BCUT2D eigenvalue weighted by Crippen LogP contribution is -2.32. The number of carbonyl (C=O) groups is 2. The highest BCUT2D eigenvalue weighted by molar-refractivity contribution is 5.92. The van der Waals surface area contributed by atoms with Gasteiger partial charge in [-0.05, 0) is 117 Å². The summed E-state index contributed by atoms with van der Waals surface area (Å²) in [6, 6.07) is 38.4. The molecule has 1 aromatic heterocycles. The Morgan fingerprint density at radius 1 is 0.537 bits per heavy atom. The topological polar surface area (TPSA) is 86.8 Å². The lowest BCUT2D eigenvalue weighted by molar-refractivity contribution is -0.117. The highest BCUT2D eigenvalue weighted by atomic mass is 16.5. The van der Waals surface area contributed by atoms with Gasteiger partial charge in [-0.1, -0.05) is 79.6 Å². The number of ether oxygens (including phenoxy) is 1. The van der Waals surface area contributed by atoms with Crippen LogP contribution in [-0.4, -0.2) is 65.9 Å². The Labute approximate surface area is 319 Å². The quantitative estimate of drug-likeness (QED) is 0.119. The molecule has 2 saturated heterocycles. The van der Waals surface area contributed by atoms with Crippen molar-refractivity contribution in [3.05, 3.63) is 121 Å². The molecule has 0 bridgehead atoms. The van der Waals surface area contributed by atoms with Gasteiger partial charge >= 0.3 is 0 Å². The highest BCUT2D eigenvalue weighted by Gasteiger charge is 2.15. The number of piperidine rings is 2. The zero-order valence-electron chi connectivity index (χ0n) is 31.1. The van der Waals surface area contributed by atoms with Gasteiger partial charge < -0.3 is 25.2 Å². The van der Waals surface area contributed by atoms with Gasteiger partial charge in [-0.25, -0.2) is 4.98 Å². The molecule has 54 heavy (non-hydrogen) atoms. The van der Waals surface area contributed by atoms with Crippen LogP contribution in [0, 0.1) is 0 Å². The van der Waals surface area contributed by atoms with E-state index in [0.29, 0.717) is 19.4 Å². The second-order valence-electron chi connectivity index (χ2n) is 14.5. The number of hydrogen-bond donors (Lipinski definition) is 2. The summed E-state index contributed by atoms with van der Waals surface area (Å²) in [6.07, 6.45) is 8.44. The van der Waals surface area contributed by atoms with Crippen LogP contribution in [0.4, 0.5) is 11.4 Å². The number of rotatable bonds is 14. The molecule has 0 saturated carbocycles. The minimum Gasteiger partial charge on any atom is -0.489 e. The molecular formula is C46H51N5O3. The van der Waals surface area contributed by atoms with E-state index in [-0.39, 0.29) is 11.8 Å². The Hall–Kier alpha value is -5.31. The van der Waals surface area contributed by atoms with Crippen molar-refractivity contribution in [1.82, 2.24) is 14.8 Å². The maximum Gasteiger partial charge on any atom is 0.225 e. The third-order valence-electron chi connectivity index (χ3n) is 10.4. The van der Waals surface area contributed by atoms with Gasteiger partial charge in [-0.15, -0.1) is 0 Å². The molecule has 7 rings (SSSR count). The Morgan fingerprint density at radius 2 is 1.00 bits per heavy atom. The summed E-state index contributed by atoms with van der Waals surface area (Å²) < 4.78 is 6.06. The maximum absolute atomic E-state index is 12.7. The summed E-state index contributed by atoms with van der Waals surface area (Å²) in [5.74, 6) is 0.876. The Morgan fingerprint density at radius 3 is 1.48 bits per heavy atom. The molecule has 0 aliphatic carbocycles. The van der Waals surface area contributed by atoms with Gasteiger partial charge in [0, 0.05) is 48.4 Å². The molecule has 8 heteroatoms. The number of hydrogen-bond acceptors (Lipinski definition) is 6. The van der Waals surface area contributed by atoms with Crippen molar-refractivity contribution in [3.63, 3.8) is 0 Å². The van der Waals surface area contributed by atoms with Gasteiger partial charge in [-0.2, -0.15) is 0 Å². The second kappa shape index (κ2) is 18.6. The molecule has 2 fully saturated rings. The maximum atomic E-state index is 12.7. The summed E-state index contributed by atoms with van der Waals surface area (Å²) in [5, 5.41) is 6.15. The molecule has 278 valence electrons. The first-order valence-corrected chi connectivity index (χ1v) is 19.6. The number of pyridine rings is 1. The number of nitrogens with zero attached hydrogens (tertiary/aromatic N) is 3. The molecule has 0 atom stereocenters. The third kappa shape index (κ3) is 10.6. The predicted molar refractivity (Wildman–Crippen MR) is 218 cm³/mol. The minimum atomic E-state index is 0.0357. The largest absolute Gasteiger partial charge is 0.489 e. The fourth-order valence-corrected chi connectivity index (χ4v) is 7.26. The Bertz CT molecular complexity index is 1850. The summed E-state index contributed by atoms with van der Waals surface area (Å²) in [6.45, 7) is 6.45. The van der Waals surface area contributed by atoms with Gasteiger partial charge in [-0.3, -0.25) is 9.59 Å². The first-order chi connectivity index (χ1) is 26.5. The number of benzene rings is 4. The van der Waals surface area contributed by atoms with Gasteiger partial charge in [0.2, 0.25) is 11.8 Å². The average molecular weight is 722 g/mol. The molecule has 5 aromatic rings. The third-order valence-corrected chi connectivity index (χ3v) is 10.4. The Balaban J connectivity index is 1.07. The lowest BCUT2D eigenvalue weighted by Gasteiger charge is -2.25. The van der Waals surface area contributed by atoms with Gasteiger partial charge in [0.1, 0.15) is 12.4 Å². The zero-order valence-corrected chi connectivity index (χ0v) is 31.1. The highest BCUT2D eigenvalue weighted by Crippen LogP contribution is 2.32. The first-order valence-electron chi connectivity index (χ1n) is 19.6. The van der Waals surface area contributed by atoms with E-state index in [1.165, 1.54) is 38.5 Å². The van der Waals surface area contributed by atoms with E-state index >= 15 is 0 Å². The van der Waals surface area contributed by atoms with Crippen LogP contribution in [-0.2, 0) is 16.2 Å². The van der Waals surface area contributed by atoms with Crippen molar-refractivity contribution in [2.24, 2.45) is 0 Å². The molecule has 0 radical (unpaired) electrons. The smallest absolute Gasteiger partial charge is 0.225 e. The number of nitrogens with one attached hydrogen (secondary N) is 2. The monoisotopic (exact) mass is 721 g/mol. The van der Waals surface area contributed by atoms with Crippen LogP contribution in [0.3, 0.4) is 0 Å². The minimum absolute atomic E-state index is 0.0357. The van der Waals surface area contributed by atoms with Crippen LogP contribution in [0.2, 0.25) is 0 Å². The fourth-order valence-electron chi connectivity index (χ4n) is 7.26. The standard InChI is InChI=1S/C46H51N5O3/c52-45(24-30-50-26-6-2-7-27-50)47-40-18-12-37(13-19-40)43-32-39(36-16-22-42(23-17-36)54-34-35-10-4-1-5-11-35)33-44(49-43)38-14-20-41(21-15-38)48-46(53)25-31-51-28-8-3-9-29-51/h1,4-5,10-23,32-33H,2-3,6-9,24-31,34H2,(H,47,52)(H,48,53). The van der Waals surface area contributed by atoms with E-state index in [9.17, 15) is 9.59 Å². The van der Waals surface area contributed by atoms with Crippen molar-refractivity contribution in [1.29, 1.82) is 0 Å². The zero-order chi connectivity index (χ0) is 37.0. The van der Waals surface area contributed by atoms with Gasteiger partial charge in [0.05, 0.1) is 11.4 Å². The fraction of sp³-hybridized carbons (Fsp3) is 0.326. The molecular weight excluding hydrogens is 671 g/mol. The molecule has 2 aliphatic heterocycles. The number of aromatic nitrogens is 1. The number of anilines is 2. The van der Waals surface area contributed by atoms with Crippen LogP contribution in [0.5, 0.6) is 5.75 Å². The van der Waals surface area contributed by atoms with Crippen molar-refractivity contribution in [3.8, 4) is 39.4 Å². The summed E-state index contributed by atoms with van der Waals surface area (Å²) in [5.41, 5.74) is 8.29. The van der Waals surface area contributed by atoms with Crippen LogP contribution in [0.15, 0.2) is 115 Å². The first kappa shape index (κ1) is 37.0. The SMILES string of the molecule is O=C(CCN1CCCCC1)Nc1ccc(-c2cc(-c3ccc(OCc4ccccc4)cc3)cc(-c3ccc(NC(=O)CCN4CCCCC4)cc3)n2)cc1. The molecule has 2 amide bonds. The van der Waals surface area contributed by atoms with E-state index in [2.05, 4.69) is 56.8 Å². The molecule has 0 unspecified atom stereocenters. The van der Waals surface area contributed by atoms with E-state index < -0.39 is 0 Å². The summed E-state index contributed by atoms with van der Waals surface area (Å²) in [7, 11) is 0. The van der Waals surface area contributed by atoms with Crippen molar-refractivity contribution in [2.75, 3.05) is 49.9 Å². The average Bonchev–Trinajstić information content (AvgIpc) is 3.23. The van der Waals surface area contributed by atoms with Crippen molar-refractivity contribution < 1.29 is 14.3 Å². The Kier molecular flexibility index (Phi) is 12.8. The summed E-state index contributed by atoms with van der Waals surface area (Å²) in [4.78, 5) is 35.4. The molecule has 2 N–H and O–H groups in total. The molecule has 0 spiro atoms. The normalized spacial score (nSPS) is 15.0. The molecule has 3 heterocycles. The van der Waals surface area contributed by atoms with Gasteiger partial charge in [0.25, 0.3) is 0 Å². The predicted octanol–water partition coefficient (Wildman–Crippen LogP) is 9.29. The van der Waals surface area contributed by atoms with Crippen molar-refractivity contribution >= 4 is 23.2 Å². The number of amides is 2. The van der Waals surface area contributed by atoms with Gasteiger partial charge in [0.15, 0.2) is 0 Å². The lowest BCUT2D eigenvalue weighted by atomic mass is 9.99. The van der Waals surface area contributed by atoms with Crippen LogP contribution in [0.25, 0.3) is 33.6 Å². The van der Waals surface area contributed by atoms with E-state index in [1.807, 2.05) is 78.9 Å². The molecule has 8 nitrogen and oxygen atoms in total. The molecule has 4 aromatic carbocycles.